The lowest BCUT2D eigenvalue weighted by Gasteiger charge is -2.22. The van der Waals surface area contributed by atoms with Crippen LogP contribution in [0.4, 0.5) is 0 Å². The zero-order valence-corrected chi connectivity index (χ0v) is 11.5. The van der Waals surface area contributed by atoms with Crippen LogP contribution in [0.1, 0.15) is 43.6 Å². The number of rotatable bonds is 6. The third kappa shape index (κ3) is 4.41. The van der Waals surface area contributed by atoms with Crippen molar-refractivity contribution in [2.24, 2.45) is 5.92 Å². The lowest BCUT2D eigenvalue weighted by Crippen LogP contribution is -2.27. The lowest BCUT2D eigenvalue weighted by atomic mass is 9.93. The molecule has 0 aliphatic carbocycles. The van der Waals surface area contributed by atoms with E-state index in [9.17, 15) is 0 Å². The van der Waals surface area contributed by atoms with Gasteiger partial charge in [-0.05, 0) is 63.1 Å². The van der Waals surface area contributed by atoms with Gasteiger partial charge in [-0.3, -0.25) is 0 Å². The highest BCUT2D eigenvalue weighted by molar-refractivity contribution is 7.10. The molecule has 2 rings (SSSR count). The maximum atomic E-state index is 5.87. The fourth-order valence-electron chi connectivity index (χ4n) is 2.41. The highest BCUT2D eigenvalue weighted by Gasteiger charge is 2.12. The minimum absolute atomic E-state index is 0.267. The zero-order chi connectivity index (χ0) is 11.9. The molecule has 0 spiro atoms. The van der Waals surface area contributed by atoms with E-state index in [1.165, 1.54) is 43.6 Å². The summed E-state index contributed by atoms with van der Waals surface area (Å²) in [7, 11) is 0. The Kier molecular flexibility index (Phi) is 5.49. The molecule has 1 aromatic heterocycles. The van der Waals surface area contributed by atoms with Crippen LogP contribution in [-0.2, 0) is 4.74 Å². The molecule has 0 amide bonds. The van der Waals surface area contributed by atoms with E-state index in [1.54, 1.807) is 11.3 Å². The van der Waals surface area contributed by atoms with Gasteiger partial charge in [0.2, 0.25) is 0 Å². The SMILES string of the molecule is C[C@H](OCCCC1CCNCC1)c1cccs1. The van der Waals surface area contributed by atoms with Crippen molar-refractivity contribution in [3.63, 3.8) is 0 Å². The molecule has 17 heavy (non-hydrogen) atoms. The van der Waals surface area contributed by atoms with Crippen molar-refractivity contribution < 1.29 is 4.74 Å². The number of ether oxygens (including phenoxy) is 1. The van der Waals surface area contributed by atoms with Crippen LogP contribution >= 0.6 is 11.3 Å². The van der Waals surface area contributed by atoms with Crippen LogP contribution in [0.5, 0.6) is 0 Å². The number of piperidine rings is 1. The number of hydrogen-bond donors (Lipinski definition) is 1. The van der Waals surface area contributed by atoms with Crippen molar-refractivity contribution in [2.75, 3.05) is 19.7 Å². The number of nitrogens with one attached hydrogen (secondary N) is 1. The first-order chi connectivity index (χ1) is 8.36. The standard InChI is InChI=1S/C14H23NOS/c1-12(14-5-3-11-17-14)16-10-2-4-13-6-8-15-9-7-13/h3,5,11-13,15H,2,4,6-10H2,1H3/t12-/m0/s1. The first kappa shape index (κ1) is 13.1. The summed E-state index contributed by atoms with van der Waals surface area (Å²) in [5, 5.41) is 5.53. The molecule has 0 saturated carbocycles. The Hall–Kier alpha value is -0.380. The van der Waals surface area contributed by atoms with Gasteiger partial charge >= 0.3 is 0 Å². The topological polar surface area (TPSA) is 21.3 Å². The molecule has 1 aromatic rings. The molecule has 0 radical (unpaired) electrons. The molecule has 1 N–H and O–H groups in total. The molecule has 2 heterocycles. The minimum Gasteiger partial charge on any atom is -0.373 e. The van der Waals surface area contributed by atoms with Crippen LogP contribution < -0.4 is 5.32 Å². The van der Waals surface area contributed by atoms with Gasteiger partial charge in [-0.2, -0.15) is 0 Å². The van der Waals surface area contributed by atoms with Crippen LogP contribution in [-0.4, -0.2) is 19.7 Å². The van der Waals surface area contributed by atoms with E-state index in [-0.39, 0.29) is 6.10 Å². The van der Waals surface area contributed by atoms with Gasteiger partial charge in [0, 0.05) is 11.5 Å². The summed E-state index contributed by atoms with van der Waals surface area (Å²) >= 11 is 1.78. The minimum atomic E-state index is 0.267. The summed E-state index contributed by atoms with van der Waals surface area (Å²) in [5.74, 6) is 0.928. The third-order valence-corrected chi connectivity index (χ3v) is 4.56. The molecular formula is C14H23NOS. The predicted molar refractivity (Wildman–Crippen MR) is 73.5 cm³/mol. The Labute approximate surface area is 108 Å². The smallest absolute Gasteiger partial charge is 0.0888 e. The first-order valence-electron chi connectivity index (χ1n) is 6.72. The highest BCUT2D eigenvalue weighted by atomic mass is 32.1. The van der Waals surface area contributed by atoms with Gasteiger partial charge in [-0.25, -0.2) is 0 Å². The molecule has 1 atom stereocenters. The first-order valence-corrected chi connectivity index (χ1v) is 7.60. The fourth-order valence-corrected chi connectivity index (χ4v) is 3.14. The molecule has 0 aromatic carbocycles. The van der Waals surface area contributed by atoms with E-state index < -0.39 is 0 Å². The molecular weight excluding hydrogens is 230 g/mol. The molecule has 1 saturated heterocycles. The molecule has 1 fully saturated rings. The average Bonchev–Trinajstić information content (AvgIpc) is 2.89. The molecule has 3 heteroatoms. The Morgan fingerprint density at radius 2 is 2.29 bits per heavy atom. The maximum absolute atomic E-state index is 5.87. The lowest BCUT2D eigenvalue weighted by molar-refractivity contribution is 0.0623. The van der Waals surface area contributed by atoms with Crippen molar-refractivity contribution in [3.05, 3.63) is 22.4 Å². The van der Waals surface area contributed by atoms with Crippen molar-refractivity contribution in [1.29, 1.82) is 0 Å². The summed E-state index contributed by atoms with van der Waals surface area (Å²) in [5.41, 5.74) is 0. The van der Waals surface area contributed by atoms with Gasteiger partial charge in [-0.1, -0.05) is 6.07 Å². The maximum Gasteiger partial charge on any atom is 0.0888 e. The third-order valence-electron chi connectivity index (χ3n) is 3.53. The second kappa shape index (κ2) is 7.14. The quantitative estimate of drug-likeness (QED) is 0.782. The Balaban J connectivity index is 1.56. The van der Waals surface area contributed by atoms with Crippen molar-refractivity contribution >= 4 is 11.3 Å². The fraction of sp³-hybridized carbons (Fsp3) is 0.714. The van der Waals surface area contributed by atoms with Crippen LogP contribution in [0, 0.1) is 5.92 Å². The summed E-state index contributed by atoms with van der Waals surface area (Å²) in [4.78, 5) is 1.34. The van der Waals surface area contributed by atoms with E-state index in [1.807, 2.05) is 0 Å². The normalized spacial score (nSPS) is 19.4. The molecule has 0 bridgehead atoms. The Bertz CT molecular complexity index is 293. The predicted octanol–water partition coefficient (Wildman–Crippen LogP) is 3.61. The number of thiophene rings is 1. The van der Waals surface area contributed by atoms with E-state index >= 15 is 0 Å². The molecule has 1 aliphatic heterocycles. The van der Waals surface area contributed by atoms with Gasteiger partial charge in [-0.15, -0.1) is 11.3 Å². The van der Waals surface area contributed by atoms with Gasteiger partial charge < -0.3 is 10.1 Å². The molecule has 0 unspecified atom stereocenters. The van der Waals surface area contributed by atoms with Crippen LogP contribution in [0.15, 0.2) is 17.5 Å². The van der Waals surface area contributed by atoms with Crippen molar-refractivity contribution in [2.45, 2.75) is 38.7 Å². The second-order valence-electron chi connectivity index (χ2n) is 4.86. The monoisotopic (exact) mass is 253 g/mol. The van der Waals surface area contributed by atoms with E-state index in [0.717, 1.165) is 12.5 Å². The zero-order valence-electron chi connectivity index (χ0n) is 10.7. The highest BCUT2D eigenvalue weighted by Crippen LogP contribution is 2.23. The summed E-state index contributed by atoms with van der Waals surface area (Å²) in [6.45, 7) is 5.47. The van der Waals surface area contributed by atoms with Crippen LogP contribution in [0.2, 0.25) is 0 Å². The van der Waals surface area contributed by atoms with Crippen LogP contribution in [0.3, 0.4) is 0 Å². The average molecular weight is 253 g/mol. The summed E-state index contributed by atoms with van der Waals surface area (Å²) in [6, 6.07) is 4.25. The van der Waals surface area contributed by atoms with E-state index in [2.05, 4.69) is 29.8 Å². The summed E-state index contributed by atoms with van der Waals surface area (Å²) in [6.07, 6.45) is 5.50. The Morgan fingerprint density at radius 3 is 3.00 bits per heavy atom. The molecule has 96 valence electrons. The van der Waals surface area contributed by atoms with Gasteiger partial charge in [0.25, 0.3) is 0 Å². The van der Waals surface area contributed by atoms with Gasteiger partial charge in [0.1, 0.15) is 0 Å². The van der Waals surface area contributed by atoms with Gasteiger partial charge in [0.15, 0.2) is 0 Å². The second-order valence-corrected chi connectivity index (χ2v) is 5.84. The molecule has 2 nitrogen and oxygen atoms in total. The van der Waals surface area contributed by atoms with Gasteiger partial charge in [0.05, 0.1) is 6.10 Å². The van der Waals surface area contributed by atoms with Crippen molar-refractivity contribution in [1.82, 2.24) is 5.32 Å². The largest absolute Gasteiger partial charge is 0.373 e. The Morgan fingerprint density at radius 1 is 1.47 bits per heavy atom. The number of hydrogen-bond acceptors (Lipinski definition) is 3. The molecule has 1 aliphatic rings. The van der Waals surface area contributed by atoms with E-state index in [0.29, 0.717) is 0 Å². The summed E-state index contributed by atoms with van der Waals surface area (Å²) < 4.78 is 5.87. The van der Waals surface area contributed by atoms with E-state index in [4.69, 9.17) is 4.74 Å². The van der Waals surface area contributed by atoms with Crippen molar-refractivity contribution in [3.8, 4) is 0 Å². The van der Waals surface area contributed by atoms with Crippen LogP contribution in [0.25, 0.3) is 0 Å².